The number of thiophene rings is 1. The number of ether oxygens (including phenoxy) is 1. The molecule has 1 heterocycles. The summed E-state index contributed by atoms with van der Waals surface area (Å²) in [6.45, 7) is 9.54. The maximum absolute atomic E-state index is 10.6. The van der Waals surface area contributed by atoms with Crippen LogP contribution in [0.5, 0.6) is 5.75 Å². The number of aliphatic hydroxyl groups is 1. The van der Waals surface area contributed by atoms with E-state index in [4.69, 9.17) is 4.74 Å². The Balaban J connectivity index is 0.00000364. The van der Waals surface area contributed by atoms with Gasteiger partial charge in [0.25, 0.3) is 0 Å². The third-order valence-corrected chi connectivity index (χ3v) is 4.49. The molecule has 0 radical (unpaired) electrons. The summed E-state index contributed by atoms with van der Waals surface area (Å²) in [5, 5.41) is 21.0. The molecule has 2 rings (SSSR count). The summed E-state index contributed by atoms with van der Waals surface area (Å²) in [6.07, 6.45) is 0.166. The van der Waals surface area contributed by atoms with Gasteiger partial charge in [-0.3, -0.25) is 0 Å². The summed E-state index contributed by atoms with van der Waals surface area (Å²) in [6, 6.07) is 9.91. The van der Waals surface area contributed by atoms with Gasteiger partial charge in [0.1, 0.15) is 11.4 Å². The molecule has 0 aliphatic carbocycles. The summed E-state index contributed by atoms with van der Waals surface area (Å²) in [5.41, 5.74) is 1.07. The smallest absolute Gasteiger partial charge is 0.191 e. The van der Waals surface area contributed by atoms with Crippen molar-refractivity contribution in [3.05, 3.63) is 52.2 Å². The van der Waals surface area contributed by atoms with Crippen LogP contribution in [0, 0.1) is 0 Å². The summed E-state index contributed by atoms with van der Waals surface area (Å²) >= 11 is 1.58. The molecule has 1 unspecified atom stereocenters. The van der Waals surface area contributed by atoms with Crippen LogP contribution in [0.15, 0.2) is 46.1 Å². The number of aliphatic imine (C=N–C) groups is 1. The van der Waals surface area contributed by atoms with Crippen molar-refractivity contribution in [2.45, 2.75) is 45.9 Å². The lowest BCUT2D eigenvalue weighted by molar-refractivity contribution is 0.0621. The number of nitrogens with one attached hydrogen (secondary N) is 2. The Morgan fingerprint density at radius 2 is 1.93 bits per heavy atom. The van der Waals surface area contributed by atoms with Gasteiger partial charge in [-0.2, -0.15) is 11.3 Å². The quantitative estimate of drug-likeness (QED) is 0.288. The molecular weight excluding hydrogens is 473 g/mol. The number of rotatable bonds is 8. The van der Waals surface area contributed by atoms with Crippen molar-refractivity contribution in [1.29, 1.82) is 0 Å². The van der Waals surface area contributed by atoms with Gasteiger partial charge in [-0.1, -0.05) is 12.1 Å². The molecule has 3 N–H and O–H groups in total. The van der Waals surface area contributed by atoms with E-state index >= 15 is 0 Å². The number of benzene rings is 1. The summed E-state index contributed by atoms with van der Waals surface area (Å²) in [7, 11) is 0. The van der Waals surface area contributed by atoms with E-state index in [0.717, 1.165) is 23.4 Å². The SMILES string of the molecule is CCNC(=NCc1ccc(OC(C)C)cc1)NCC(C)(O)c1ccsc1.I. The fourth-order valence-corrected chi connectivity index (χ4v) is 3.17. The van der Waals surface area contributed by atoms with Crippen LogP contribution in [0.4, 0.5) is 0 Å². The van der Waals surface area contributed by atoms with Crippen LogP contribution in [0.1, 0.15) is 38.8 Å². The molecule has 0 aliphatic rings. The Morgan fingerprint density at radius 1 is 1.22 bits per heavy atom. The number of nitrogens with zero attached hydrogens (tertiary/aromatic N) is 1. The average Bonchev–Trinajstić information content (AvgIpc) is 3.14. The Hall–Kier alpha value is -1.32. The second-order valence-corrected chi connectivity index (χ2v) is 7.43. The molecule has 0 aliphatic heterocycles. The van der Waals surface area contributed by atoms with Gasteiger partial charge in [-0.15, -0.1) is 24.0 Å². The molecule has 2 aromatic rings. The van der Waals surface area contributed by atoms with Gasteiger partial charge < -0.3 is 20.5 Å². The first-order chi connectivity index (χ1) is 12.4. The molecule has 0 spiro atoms. The van der Waals surface area contributed by atoms with Crippen LogP contribution in [0.2, 0.25) is 0 Å². The zero-order valence-electron chi connectivity index (χ0n) is 16.4. The van der Waals surface area contributed by atoms with Crippen molar-refractivity contribution in [2.75, 3.05) is 13.1 Å². The molecule has 0 saturated heterocycles. The molecule has 5 nitrogen and oxygen atoms in total. The Kier molecular flexibility index (Phi) is 10.1. The standard InChI is InChI=1S/C20H29N3O2S.HI/c1-5-21-19(23-14-20(4,24)17-10-11-26-13-17)22-12-16-6-8-18(9-7-16)25-15(2)3;/h6-11,13,15,24H,5,12,14H2,1-4H3,(H2,21,22,23);1H. The van der Waals surface area contributed by atoms with Crippen LogP contribution in [0.25, 0.3) is 0 Å². The van der Waals surface area contributed by atoms with Crippen molar-refractivity contribution in [2.24, 2.45) is 4.99 Å². The van der Waals surface area contributed by atoms with E-state index < -0.39 is 5.60 Å². The molecule has 150 valence electrons. The maximum Gasteiger partial charge on any atom is 0.191 e. The third kappa shape index (κ3) is 8.06. The van der Waals surface area contributed by atoms with E-state index in [1.807, 2.05) is 61.9 Å². The summed E-state index contributed by atoms with van der Waals surface area (Å²) in [4.78, 5) is 4.60. The molecule has 1 aromatic carbocycles. The first-order valence-electron chi connectivity index (χ1n) is 8.93. The number of hydrogen-bond donors (Lipinski definition) is 3. The second-order valence-electron chi connectivity index (χ2n) is 6.65. The van der Waals surface area contributed by atoms with Crippen molar-refractivity contribution in [1.82, 2.24) is 10.6 Å². The average molecular weight is 503 g/mol. The van der Waals surface area contributed by atoms with Crippen molar-refractivity contribution in [3.8, 4) is 5.75 Å². The minimum absolute atomic E-state index is 0. The predicted molar refractivity (Wildman–Crippen MR) is 124 cm³/mol. The third-order valence-electron chi connectivity index (χ3n) is 3.80. The number of hydrogen-bond acceptors (Lipinski definition) is 4. The lowest BCUT2D eigenvalue weighted by atomic mass is 9.99. The number of guanidine groups is 1. The van der Waals surface area contributed by atoms with Crippen LogP contribution in [-0.2, 0) is 12.1 Å². The first-order valence-corrected chi connectivity index (χ1v) is 9.88. The fraction of sp³-hybridized carbons (Fsp3) is 0.450. The van der Waals surface area contributed by atoms with Gasteiger partial charge >= 0.3 is 0 Å². The first kappa shape index (κ1) is 23.7. The van der Waals surface area contributed by atoms with Crippen molar-refractivity contribution in [3.63, 3.8) is 0 Å². The Labute approximate surface area is 183 Å². The topological polar surface area (TPSA) is 65.9 Å². The Bertz CT molecular complexity index is 686. The van der Waals surface area contributed by atoms with Crippen molar-refractivity contribution >= 4 is 41.3 Å². The van der Waals surface area contributed by atoms with Crippen LogP contribution in [0.3, 0.4) is 0 Å². The lowest BCUT2D eigenvalue weighted by Gasteiger charge is -2.24. The van der Waals surface area contributed by atoms with E-state index in [2.05, 4.69) is 15.6 Å². The van der Waals surface area contributed by atoms with Crippen LogP contribution < -0.4 is 15.4 Å². The normalized spacial score (nSPS) is 13.6. The molecule has 0 saturated carbocycles. The highest BCUT2D eigenvalue weighted by atomic mass is 127. The minimum Gasteiger partial charge on any atom is -0.491 e. The van der Waals surface area contributed by atoms with Crippen LogP contribution in [-0.4, -0.2) is 30.3 Å². The minimum atomic E-state index is -0.938. The molecule has 1 aromatic heterocycles. The molecular formula is C20H30IN3O2S. The van der Waals surface area contributed by atoms with E-state index in [1.165, 1.54) is 0 Å². The monoisotopic (exact) mass is 503 g/mol. The van der Waals surface area contributed by atoms with Gasteiger partial charge in [-0.05, 0) is 67.8 Å². The van der Waals surface area contributed by atoms with Gasteiger partial charge in [0, 0.05) is 6.54 Å². The van der Waals surface area contributed by atoms with E-state index in [-0.39, 0.29) is 30.1 Å². The molecule has 0 bridgehead atoms. The summed E-state index contributed by atoms with van der Waals surface area (Å²) < 4.78 is 5.66. The molecule has 0 amide bonds. The highest BCUT2D eigenvalue weighted by Gasteiger charge is 2.23. The van der Waals surface area contributed by atoms with Crippen molar-refractivity contribution < 1.29 is 9.84 Å². The highest BCUT2D eigenvalue weighted by molar-refractivity contribution is 14.0. The van der Waals surface area contributed by atoms with Crippen LogP contribution >= 0.6 is 35.3 Å². The zero-order valence-corrected chi connectivity index (χ0v) is 19.5. The van der Waals surface area contributed by atoms with E-state index in [1.54, 1.807) is 18.3 Å². The molecule has 7 heteroatoms. The van der Waals surface area contributed by atoms with E-state index in [0.29, 0.717) is 19.0 Å². The lowest BCUT2D eigenvalue weighted by Crippen LogP contribution is -2.44. The van der Waals surface area contributed by atoms with Gasteiger partial charge in [-0.25, -0.2) is 4.99 Å². The molecule has 1 atom stereocenters. The predicted octanol–water partition coefficient (Wildman–Crippen LogP) is 4.12. The Morgan fingerprint density at radius 3 is 2.48 bits per heavy atom. The molecule has 27 heavy (non-hydrogen) atoms. The number of halogens is 1. The largest absolute Gasteiger partial charge is 0.491 e. The fourth-order valence-electron chi connectivity index (χ4n) is 2.39. The maximum atomic E-state index is 10.6. The summed E-state index contributed by atoms with van der Waals surface area (Å²) in [5.74, 6) is 1.55. The van der Waals surface area contributed by atoms with E-state index in [9.17, 15) is 5.11 Å². The zero-order chi connectivity index (χ0) is 19.0. The second kappa shape index (κ2) is 11.5. The van der Waals surface area contributed by atoms with Gasteiger partial charge in [0.2, 0.25) is 0 Å². The van der Waals surface area contributed by atoms with Gasteiger partial charge in [0.15, 0.2) is 5.96 Å². The van der Waals surface area contributed by atoms with Gasteiger partial charge in [0.05, 0.1) is 19.2 Å². The molecule has 0 fully saturated rings. The highest BCUT2D eigenvalue weighted by Crippen LogP contribution is 2.22.